The van der Waals surface area contributed by atoms with Gasteiger partial charge in [-0.25, -0.2) is 0 Å². The van der Waals surface area contributed by atoms with E-state index in [1.54, 1.807) is 36.4 Å². The summed E-state index contributed by atoms with van der Waals surface area (Å²) in [6.45, 7) is 0.950. The highest BCUT2D eigenvalue weighted by atomic mass is 16.5. The van der Waals surface area contributed by atoms with Crippen molar-refractivity contribution < 1.29 is 23.8 Å². The molecule has 4 rings (SSSR count). The quantitative estimate of drug-likeness (QED) is 0.519. The van der Waals surface area contributed by atoms with E-state index in [0.717, 1.165) is 12.8 Å². The van der Waals surface area contributed by atoms with Crippen LogP contribution in [0.15, 0.2) is 58.7 Å². The molecule has 1 aromatic carbocycles. The minimum Gasteiger partial charge on any atom is -0.507 e. The van der Waals surface area contributed by atoms with Gasteiger partial charge in [0.05, 0.1) is 17.9 Å². The van der Waals surface area contributed by atoms with Gasteiger partial charge in [-0.3, -0.25) is 9.59 Å². The molecule has 134 valence electrons. The zero-order valence-electron chi connectivity index (χ0n) is 14.1. The smallest absolute Gasteiger partial charge is 0.295 e. The number of Topliss-reactive ketones (excluding diaryl/α,β-unsaturated/α-hetero) is 1. The van der Waals surface area contributed by atoms with E-state index in [9.17, 15) is 14.7 Å². The zero-order valence-corrected chi connectivity index (χ0v) is 14.1. The van der Waals surface area contributed by atoms with Gasteiger partial charge in [-0.2, -0.15) is 0 Å². The van der Waals surface area contributed by atoms with Crippen molar-refractivity contribution in [3.05, 3.63) is 65.6 Å². The molecule has 6 nitrogen and oxygen atoms in total. The minimum atomic E-state index is -0.755. The third kappa shape index (κ3) is 2.82. The Morgan fingerprint density at radius 1 is 1.15 bits per heavy atom. The number of benzene rings is 1. The third-order valence-corrected chi connectivity index (χ3v) is 4.82. The number of hydrogen-bond acceptors (Lipinski definition) is 5. The summed E-state index contributed by atoms with van der Waals surface area (Å²) in [4.78, 5) is 26.8. The molecule has 1 aromatic heterocycles. The molecule has 2 aromatic rings. The highest BCUT2D eigenvalue weighted by molar-refractivity contribution is 6.46. The summed E-state index contributed by atoms with van der Waals surface area (Å²) >= 11 is 0. The molecule has 3 heterocycles. The number of ketones is 1. The highest BCUT2D eigenvalue weighted by Crippen LogP contribution is 2.40. The van der Waals surface area contributed by atoms with Crippen LogP contribution in [-0.4, -0.2) is 41.0 Å². The van der Waals surface area contributed by atoms with Gasteiger partial charge in [0.2, 0.25) is 0 Å². The predicted octanol–water partition coefficient (Wildman–Crippen LogP) is 2.88. The first-order chi connectivity index (χ1) is 12.7. The van der Waals surface area contributed by atoms with Crippen LogP contribution in [0, 0.1) is 0 Å². The van der Waals surface area contributed by atoms with Crippen LogP contribution in [0.4, 0.5) is 0 Å². The number of likely N-dealkylation sites (tertiary alicyclic amines) is 1. The van der Waals surface area contributed by atoms with E-state index < -0.39 is 17.7 Å². The lowest BCUT2D eigenvalue weighted by molar-refractivity contribution is -0.141. The second kappa shape index (κ2) is 6.80. The number of amides is 1. The van der Waals surface area contributed by atoms with Crippen molar-refractivity contribution in [2.45, 2.75) is 25.0 Å². The Bertz CT molecular complexity index is 834. The van der Waals surface area contributed by atoms with Gasteiger partial charge < -0.3 is 19.2 Å². The average molecular weight is 353 g/mol. The zero-order chi connectivity index (χ0) is 18.1. The maximum atomic E-state index is 12.7. The van der Waals surface area contributed by atoms with Crippen molar-refractivity contribution in [2.24, 2.45) is 0 Å². The van der Waals surface area contributed by atoms with Crippen LogP contribution in [0.1, 0.15) is 30.2 Å². The number of nitrogens with zero attached hydrogens (tertiary/aromatic N) is 1. The topological polar surface area (TPSA) is 80.0 Å². The number of rotatable bonds is 4. The number of furan rings is 1. The molecule has 0 spiro atoms. The minimum absolute atomic E-state index is 0.0501. The van der Waals surface area contributed by atoms with E-state index in [-0.39, 0.29) is 17.4 Å². The maximum Gasteiger partial charge on any atom is 0.295 e. The van der Waals surface area contributed by atoms with E-state index in [1.807, 2.05) is 6.07 Å². The van der Waals surface area contributed by atoms with Crippen LogP contribution in [0.2, 0.25) is 0 Å². The van der Waals surface area contributed by atoms with Crippen LogP contribution in [0.3, 0.4) is 0 Å². The first-order valence-corrected chi connectivity index (χ1v) is 8.65. The first kappa shape index (κ1) is 16.6. The molecule has 2 aliphatic rings. The SMILES string of the molecule is O=C1C(=O)N(CC2CCCO2)C(c2ccco2)C1=C(O)c1ccccc1. The fourth-order valence-corrected chi connectivity index (χ4v) is 3.57. The fraction of sp³-hybridized carbons (Fsp3) is 0.300. The molecule has 0 bridgehead atoms. The van der Waals surface area contributed by atoms with Crippen LogP contribution in [0.5, 0.6) is 0 Å². The maximum absolute atomic E-state index is 12.7. The molecule has 1 amide bonds. The second-order valence-electron chi connectivity index (χ2n) is 6.47. The summed E-state index contributed by atoms with van der Waals surface area (Å²) < 4.78 is 11.1. The van der Waals surface area contributed by atoms with Gasteiger partial charge in [0.25, 0.3) is 11.7 Å². The molecule has 6 heteroatoms. The van der Waals surface area contributed by atoms with Gasteiger partial charge in [-0.1, -0.05) is 30.3 Å². The van der Waals surface area contributed by atoms with E-state index in [2.05, 4.69) is 0 Å². The van der Waals surface area contributed by atoms with Crippen molar-refractivity contribution in [3.63, 3.8) is 0 Å². The molecule has 1 N–H and O–H groups in total. The van der Waals surface area contributed by atoms with Gasteiger partial charge in [-0.15, -0.1) is 0 Å². The molecule has 2 aliphatic heterocycles. The lowest BCUT2D eigenvalue weighted by atomic mass is 9.99. The van der Waals surface area contributed by atoms with Crippen LogP contribution < -0.4 is 0 Å². The van der Waals surface area contributed by atoms with Gasteiger partial charge in [0, 0.05) is 18.7 Å². The molecule has 0 aliphatic carbocycles. The van der Waals surface area contributed by atoms with Gasteiger partial charge in [-0.05, 0) is 25.0 Å². The number of aliphatic hydroxyl groups excluding tert-OH is 1. The number of hydrogen-bond donors (Lipinski definition) is 1. The largest absolute Gasteiger partial charge is 0.507 e. The molecule has 2 unspecified atom stereocenters. The van der Waals surface area contributed by atoms with Crippen molar-refractivity contribution in [1.82, 2.24) is 4.90 Å². The second-order valence-corrected chi connectivity index (χ2v) is 6.47. The normalized spacial score (nSPS) is 25.2. The van der Waals surface area contributed by atoms with Crippen LogP contribution in [0.25, 0.3) is 5.76 Å². The van der Waals surface area contributed by atoms with E-state index in [0.29, 0.717) is 24.5 Å². The molecule has 26 heavy (non-hydrogen) atoms. The Labute approximate surface area is 150 Å². The van der Waals surface area contributed by atoms with Crippen LogP contribution in [-0.2, 0) is 14.3 Å². The van der Waals surface area contributed by atoms with E-state index in [4.69, 9.17) is 9.15 Å². The van der Waals surface area contributed by atoms with Crippen LogP contribution >= 0.6 is 0 Å². The summed E-state index contributed by atoms with van der Waals surface area (Å²) in [5, 5.41) is 10.8. The standard InChI is InChI=1S/C20H19NO5/c22-18(13-6-2-1-3-7-13)16-17(15-9-5-11-26-15)21(20(24)19(16)23)12-14-8-4-10-25-14/h1-3,5-7,9,11,14,17,22H,4,8,10,12H2. The molecule has 0 radical (unpaired) electrons. The van der Waals surface area contributed by atoms with Crippen molar-refractivity contribution in [2.75, 3.05) is 13.2 Å². The Morgan fingerprint density at radius 3 is 2.62 bits per heavy atom. The molecule has 2 saturated heterocycles. The third-order valence-electron chi connectivity index (χ3n) is 4.82. The molecule has 2 fully saturated rings. The predicted molar refractivity (Wildman–Crippen MR) is 93.1 cm³/mol. The summed E-state index contributed by atoms with van der Waals surface area (Å²) in [5.41, 5.74) is 0.535. The van der Waals surface area contributed by atoms with E-state index >= 15 is 0 Å². The van der Waals surface area contributed by atoms with Crippen molar-refractivity contribution >= 4 is 17.4 Å². The Kier molecular flexibility index (Phi) is 4.34. The Hall–Kier alpha value is -2.86. The number of aliphatic hydroxyl groups is 1. The van der Waals surface area contributed by atoms with Gasteiger partial charge >= 0.3 is 0 Å². The molecule has 2 atom stereocenters. The first-order valence-electron chi connectivity index (χ1n) is 8.65. The van der Waals surface area contributed by atoms with E-state index in [1.165, 1.54) is 11.2 Å². The number of carbonyl (C=O) groups excluding carboxylic acids is 2. The highest BCUT2D eigenvalue weighted by Gasteiger charge is 2.48. The average Bonchev–Trinajstić information content (AvgIpc) is 3.41. The number of ether oxygens (including phenoxy) is 1. The monoisotopic (exact) mass is 353 g/mol. The summed E-state index contributed by atoms with van der Waals surface area (Å²) in [7, 11) is 0. The molecular weight excluding hydrogens is 334 g/mol. The Balaban J connectivity index is 1.79. The van der Waals surface area contributed by atoms with Gasteiger partial charge in [0.1, 0.15) is 17.6 Å². The van der Waals surface area contributed by atoms with Crippen molar-refractivity contribution in [3.8, 4) is 0 Å². The summed E-state index contributed by atoms with van der Waals surface area (Å²) in [5.74, 6) is -1.09. The summed E-state index contributed by atoms with van der Waals surface area (Å²) in [6.07, 6.45) is 3.16. The molecule has 0 saturated carbocycles. The fourth-order valence-electron chi connectivity index (χ4n) is 3.57. The lowest BCUT2D eigenvalue weighted by Crippen LogP contribution is -2.36. The number of carbonyl (C=O) groups is 2. The Morgan fingerprint density at radius 2 is 1.96 bits per heavy atom. The van der Waals surface area contributed by atoms with Gasteiger partial charge in [0.15, 0.2) is 0 Å². The lowest BCUT2D eigenvalue weighted by Gasteiger charge is -2.25. The van der Waals surface area contributed by atoms with Crippen molar-refractivity contribution in [1.29, 1.82) is 0 Å². The molecular formula is C20H19NO5. The summed E-state index contributed by atoms with van der Waals surface area (Å²) in [6, 6.07) is 11.4.